The first-order valence-corrected chi connectivity index (χ1v) is 8.36. The number of carboxylic acids is 1. The minimum Gasteiger partial charge on any atom is -0.481 e. The first-order valence-electron chi connectivity index (χ1n) is 8.36. The van der Waals surface area contributed by atoms with Crippen LogP contribution in [0.25, 0.3) is 11.0 Å². The van der Waals surface area contributed by atoms with Crippen molar-refractivity contribution in [2.45, 2.75) is 52.9 Å². The Hall–Kier alpha value is -2.30. The lowest BCUT2D eigenvalue weighted by Crippen LogP contribution is -2.12. The van der Waals surface area contributed by atoms with E-state index in [0.717, 1.165) is 42.2 Å². The fraction of sp³-hybridized carbons (Fsp3) is 0.474. The van der Waals surface area contributed by atoms with E-state index >= 15 is 0 Å². The van der Waals surface area contributed by atoms with Crippen LogP contribution in [-0.4, -0.2) is 17.7 Å². The molecule has 0 aliphatic carbocycles. The average molecular weight is 332 g/mol. The van der Waals surface area contributed by atoms with Crippen LogP contribution in [-0.2, 0) is 11.2 Å². The molecule has 130 valence electrons. The number of hydrogen-bond acceptors (Lipinski definition) is 4. The van der Waals surface area contributed by atoms with E-state index < -0.39 is 12.6 Å². The summed E-state index contributed by atoms with van der Waals surface area (Å²) >= 11 is 0. The fourth-order valence-corrected chi connectivity index (χ4v) is 2.88. The van der Waals surface area contributed by atoms with Crippen molar-refractivity contribution in [3.8, 4) is 5.75 Å². The van der Waals surface area contributed by atoms with Crippen LogP contribution in [0.3, 0.4) is 0 Å². The quantitative estimate of drug-likeness (QED) is 0.584. The van der Waals surface area contributed by atoms with Gasteiger partial charge in [-0.05, 0) is 44.4 Å². The van der Waals surface area contributed by atoms with Gasteiger partial charge in [0.15, 0.2) is 6.61 Å². The number of aliphatic carboxylic acids is 1. The van der Waals surface area contributed by atoms with Crippen LogP contribution in [0.2, 0.25) is 0 Å². The maximum atomic E-state index is 12.3. The summed E-state index contributed by atoms with van der Waals surface area (Å²) in [6, 6.07) is 3.56. The van der Waals surface area contributed by atoms with Gasteiger partial charge in [0.05, 0.1) is 0 Å². The van der Waals surface area contributed by atoms with E-state index in [1.54, 1.807) is 13.0 Å². The van der Waals surface area contributed by atoms with Crippen molar-refractivity contribution in [3.05, 3.63) is 39.2 Å². The van der Waals surface area contributed by atoms with Gasteiger partial charge in [-0.25, -0.2) is 9.59 Å². The zero-order valence-corrected chi connectivity index (χ0v) is 14.5. The van der Waals surface area contributed by atoms with Crippen LogP contribution in [0, 0.1) is 13.8 Å². The highest BCUT2D eigenvalue weighted by molar-refractivity contribution is 5.85. The highest BCUT2D eigenvalue weighted by Gasteiger charge is 2.15. The van der Waals surface area contributed by atoms with Gasteiger partial charge >= 0.3 is 11.6 Å². The second-order valence-corrected chi connectivity index (χ2v) is 6.05. The second kappa shape index (κ2) is 7.99. The number of benzene rings is 1. The van der Waals surface area contributed by atoms with Crippen molar-refractivity contribution in [2.24, 2.45) is 0 Å². The second-order valence-electron chi connectivity index (χ2n) is 6.05. The Morgan fingerprint density at radius 3 is 2.58 bits per heavy atom. The van der Waals surface area contributed by atoms with Gasteiger partial charge in [0.25, 0.3) is 0 Å². The number of fused-ring (bicyclic) bond motifs is 1. The number of aryl methyl sites for hydroxylation is 2. The van der Waals surface area contributed by atoms with E-state index in [2.05, 4.69) is 6.92 Å². The SMILES string of the molecule is CCCCCCc1c(C)c2ccc(OCC(=O)O)c(C)c2oc1=O. The third kappa shape index (κ3) is 3.96. The smallest absolute Gasteiger partial charge is 0.341 e. The zero-order valence-electron chi connectivity index (χ0n) is 14.5. The molecule has 0 aliphatic heterocycles. The van der Waals surface area contributed by atoms with Gasteiger partial charge in [-0.3, -0.25) is 0 Å². The Balaban J connectivity index is 2.36. The number of ether oxygens (including phenoxy) is 1. The molecule has 0 spiro atoms. The van der Waals surface area contributed by atoms with Crippen molar-refractivity contribution in [2.75, 3.05) is 6.61 Å². The number of carbonyl (C=O) groups is 1. The molecule has 1 aromatic heterocycles. The summed E-state index contributed by atoms with van der Waals surface area (Å²) in [6.45, 7) is 5.43. The molecule has 0 bridgehead atoms. The largest absolute Gasteiger partial charge is 0.481 e. The van der Waals surface area contributed by atoms with Crippen LogP contribution in [0.15, 0.2) is 21.3 Å². The molecule has 0 unspecified atom stereocenters. The van der Waals surface area contributed by atoms with Gasteiger partial charge < -0.3 is 14.3 Å². The molecule has 0 amide bonds. The molecule has 5 heteroatoms. The lowest BCUT2D eigenvalue weighted by molar-refractivity contribution is -0.139. The molecular formula is C19H24O5. The summed E-state index contributed by atoms with van der Waals surface area (Å²) in [5, 5.41) is 9.60. The highest BCUT2D eigenvalue weighted by Crippen LogP contribution is 2.29. The average Bonchev–Trinajstić information content (AvgIpc) is 2.54. The molecule has 1 heterocycles. The monoisotopic (exact) mass is 332 g/mol. The number of hydrogen-bond donors (Lipinski definition) is 1. The third-order valence-corrected chi connectivity index (χ3v) is 4.29. The van der Waals surface area contributed by atoms with E-state index in [9.17, 15) is 9.59 Å². The first-order chi connectivity index (χ1) is 11.5. The van der Waals surface area contributed by atoms with Gasteiger partial charge in [-0.1, -0.05) is 26.2 Å². The molecule has 0 saturated heterocycles. The van der Waals surface area contributed by atoms with E-state index in [1.165, 1.54) is 6.42 Å². The molecule has 1 N–H and O–H groups in total. The highest BCUT2D eigenvalue weighted by atomic mass is 16.5. The van der Waals surface area contributed by atoms with E-state index in [4.69, 9.17) is 14.3 Å². The summed E-state index contributed by atoms with van der Waals surface area (Å²) in [6.07, 6.45) is 5.13. The van der Waals surface area contributed by atoms with Crippen molar-refractivity contribution in [1.82, 2.24) is 0 Å². The summed E-state index contributed by atoms with van der Waals surface area (Å²) in [7, 11) is 0. The van der Waals surface area contributed by atoms with Gasteiger partial charge in [0.1, 0.15) is 11.3 Å². The Morgan fingerprint density at radius 2 is 1.92 bits per heavy atom. The molecular weight excluding hydrogens is 308 g/mol. The van der Waals surface area contributed by atoms with Crippen LogP contribution in [0.4, 0.5) is 0 Å². The summed E-state index contributed by atoms with van der Waals surface area (Å²) in [5.41, 5.74) is 2.47. The molecule has 24 heavy (non-hydrogen) atoms. The summed E-state index contributed by atoms with van der Waals surface area (Å²) in [5.74, 6) is -0.627. The number of unbranched alkanes of at least 4 members (excludes halogenated alkanes) is 3. The fourth-order valence-electron chi connectivity index (χ4n) is 2.88. The standard InChI is InChI=1S/C19H24O5/c1-4-5-6-7-8-15-12(2)14-9-10-16(23-11-17(20)21)13(3)18(14)24-19(15)22/h9-10H,4-8,11H2,1-3H3,(H,20,21). The van der Waals surface area contributed by atoms with Crippen LogP contribution in [0.5, 0.6) is 5.75 Å². The van der Waals surface area contributed by atoms with Gasteiger partial charge in [-0.15, -0.1) is 0 Å². The molecule has 0 fully saturated rings. The Kier molecular flexibility index (Phi) is 6.01. The van der Waals surface area contributed by atoms with Crippen LogP contribution >= 0.6 is 0 Å². The normalized spacial score (nSPS) is 11.0. The molecule has 2 aromatic rings. The lowest BCUT2D eigenvalue weighted by atomic mass is 9.99. The number of carboxylic acid groups (broad SMARTS) is 1. The van der Waals surface area contributed by atoms with Gasteiger partial charge in [-0.2, -0.15) is 0 Å². The summed E-state index contributed by atoms with van der Waals surface area (Å²) < 4.78 is 10.8. The maximum absolute atomic E-state index is 12.3. The lowest BCUT2D eigenvalue weighted by Gasteiger charge is -2.12. The van der Waals surface area contributed by atoms with Gasteiger partial charge in [0.2, 0.25) is 0 Å². The van der Waals surface area contributed by atoms with Gasteiger partial charge in [0, 0.05) is 16.5 Å². The molecule has 0 saturated carbocycles. The predicted octanol–water partition coefficient (Wildman–Crippen LogP) is 4.00. The number of rotatable bonds is 8. The van der Waals surface area contributed by atoms with E-state index in [1.807, 2.05) is 13.0 Å². The minimum atomic E-state index is -1.05. The van der Waals surface area contributed by atoms with Crippen LogP contribution in [0.1, 0.15) is 49.3 Å². The molecule has 0 atom stereocenters. The van der Waals surface area contributed by atoms with Crippen molar-refractivity contribution < 1.29 is 19.1 Å². The zero-order chi connectivity index (χ0) is 17.7. The molecule has 1 aromatic carbocycles. The summed E-state index contributed by atoms with van der Waals surface area (Å²) in [4.78, 5) is 23.0. The van der Waals surface area contributed by atoms with Crippen molar-refractivity contribution in [1.29, 1.82) is 0 Å². The third-order valence-electron chi connectivity index (χ3n) is 4.29. The topological polar surface area (TPSA) is 76.7 Å². The van der Waals surface area contributed by atoms with Crippen LogP contribution < -0.4 is 10.4 Å². The predicted molar refractivity (Wildman–Crippen MR) is 92.9 cm³/mol. The molecule has 5 nitrogen and oxygen atoms in total. The minimum absolute atomic E-state index is 0.310. The van der Waals surface area contributed by atoms with E-state index in [0.29, 0.717) is 16.9 Å². The molecule has 2 rings (SSSR count). The molecule has 0 aliphatic rings. The van der Waals surface area contributed by atoms with Crippen molar-refractivity contribution >= 4 is 16.9 Å². The first kappa shape index (κ1) is 18.0. The van der Waals surface area contributed by atoms with Crippen molar-refractivity contribution in [3.63, 3.8) is 0 Å². The Morgan fingerprint density at radius 1 is 1.17 bits per heavy atom. The Bertz CT molecular complexity index is 788. The maximum Gasteiger partial charge on any atom is 0.341 e. The molecule has 0 radical (unpaired) electrons. The van der Waals surface area contributed by atoms with E-state index in [-0.39, 0.29) is 5.63 Å². The Labute approximate surface area is 141 Å².